The lowest BCUT2D eigenvalue weighted by atomic mass is 9.65. The van der Waals surface area contributed by atoms with Gasteiger partial charge in [0.1, 0.15) is 0 Å². The molecule has 0 fully saturated rings. The van der Waals surface area contributed by atoms with Crippen molar-refractivity contribution in [2.75, 3.05) is 0 Å². The van der Waals surface area contributed by atoms with E-state index >= 15 is 0 Å². The number of hydrogen-bond acceptors (Lipinski definition) is 0. The van der Waals surface area contributed by atoms with Gasteiger partial charge >= 0.3 is 0 Å². The van der Waals surface area contributed by atoms with Crippen molar-refractivity contribution in [2.24, 2.45) is 17.3 Å². The van der Waals surface area contributed by atoms with E-state index in [1.165, 1.54) is 12.8 Å². The van der Waals surface area contributed by atoms with Crippen LogP contribution in [0.15, 0.2) is 12.7 Å². The molecule has 0 aliphatic carbocycles. The minimum Gasteiger partial charge on any atom is -0.103 e. The molecular formula is C17H38. The number of rotatable bonds is 5. The van der Waals surface area contributed by atoms with Gasteiger partial charge in [-0.1, -0.05) is 74.8 Å². The minimum absolute atomic E-state index is 0.474. The Balaban J connectivity index is -0.000000337. The highest BCUT2D eigenvalue weighted by Gasteiger charge is 2.33. The lowest BCUT2D eigenvalue weighted by Gasteiger charge is -2.40. The molecule has 0 heteroatoms. The van der Waals surface area contributed by atoms with Crippen LogP contribution in [0.5, 0.6) is 0 Å². The molecule has 0 saturated heterocycles. The molecule has 0 aromatic carbocycles. The molecule has 106 valence electrons. The van der Waals surface area contributed by atoms with Crippen LogP contribution in [0.25, 0.3) is 0 Å². The summed E-state index contributed by atoms with van der Waals surface area (Å²) in [5.41, 5.74) is 0.474. The summed E-state index contributed by atoms with van der Waals surface area (Å²) < 4.78 is 0. The van der Waals surface area contributed by atoms with E-state index in [0.29, 0.717) is 5.41 Å². The van der Waals surface area contributed by atoms with Gasteiger partial charge in [0.15, 0.2) is 0 Å². The Morgan fingerprint density at radius 2 is 1.24 bits per heavy atom. The van der Waals surface area contributed by atoms with Crippen LogP contribution in [0.3, 0.4) is 0 Å². The summed E-state index contributed by atoms with van der Waals surface area (Å²) in [5, 5.41) is 0. The van der Waals surface area contributed by atoms with Crippen LogP contribution in [-0.4, -0.2) is 0 Å². The molecule has 0 bridgehead atoms. The summed E-state index contributed by atoms with van der Waals surface area (Å²) in [7, 11) is 0. The van der Waals surface area contributed by atoms with E-state index in [4.69, 9.17) is 0 Å². The molecule has 0 aliphatic heterocycles. The molecule has 0 unspecified atom stereocenters. The second-order valence-corrected chi connectivity index (χ2v) is 5.10. The second kappa shape index (κ2) is 13.8. The van der Waals surface area contributed by atoms with Gasteiger partial charge in [0.05, 0.1) is 0 Å². The van der Waals surface area contributed by atoms with Gasteiger partial charge in [-0.25, -0.2) is 0 Å². The van der Waals surface area contributed by atoms with E-state index < -0.39 is 0 Å². The molecule has 0 atom stereocenters. The highest BCUT2D eigenvalue weighted by atomic mass is 14.4. The van der Waals surface area contributed by atoms with Gasteiger partial charge in [-0.2, -0.15) is 0 Å². The van der Waals surface area contributed by atoms with Crippen LogP contribution in [0.4, 0.5) is 0 Å². The summed E-state index contributed by atoms with van der Waals surface area (Å²) in [4.78, 5) is 0. The molecule has 0 saturated carbocycles. The topological polar surface area (TPSA) is 0 Å². The van der Waals surface area contributed by atoms with Crippen molar-refractivity contribution < 1.29 is 0 Å². The Morgan fingerprint density at radius 1 is 0.941 bits per heavy atom. The fourth-order valence-electron chi connectivity index (χ4n) is 2.37. The molecule has 0 aromatic heterocycles. The average Bonchev–Trinajstić information content (AvgIpc) is 2.28. The fourth-order valence-corrected chi connectivity index (χ4v) is 2.37. The standard InChI is InChI=1S/C12H24.C3H8.C2H6/c1-7-9-12(8-2,10(3)4)11(5)6;1-3-2;1-2/h7,10-11H,1,8-9H2,2-6H3;3H2,1-2H3;1-2H3. The highest BCUT2D eigenvalue weighted by molar-refractivity contribution is 4.90. The predicted octanol–water partition coefficient (Wildman–Crippen LogP) is 6.71. The largest absolute Gasteiger partial charge is 0.103 e. The second-order valence-electron chi connectivity index (χ2n) is 5.10. The maximum atomic E-state index is 3.86. The monoisotopic (exact) mass is 242 g/mol. The van der Waals surface area contributed by atoms with Crippen molar-refractivity contribution in [3.05, 3.63) is 12.7 Å². The summed E-state index contributed by atoms with van der Waals surface area (Å²) in [6.07, 6.45) is 5.73. The Bertz CT molecular complexity index is 134. The van der Waals surface area contributed by atoms with Crippen LogP contribution in [0, 0.1) is 17.3 Å². The first kappa shape index (κ1) is 22.0. The summed E-state index contributed by atoms with van der Waals surface area (Å²) >= 11 is 0. The summed E-state index contributed by atoms with van der Waals surface area (Å²) in [6, 6.07) is 0. The van der Waals surface area contributed by atoms with Crippen molar-refractivity contribution in [3.8, 4) is 0 Å². The van der Waals surface area contributed by atoms with Gasteiger partial charge in [0.2, 0.25) is 0 Å². The van der Waals surface area contributed by atoms with E-state index in [1.807, 2.05) is 13.8 Å². The van der Waals surface area contributed by atoms with Crippen molar-refractivity contribution in [3.63, 3.8) is 0 Å². The molecule has 0 nitrogen and oxygen atoms in total. The third-order valence-corrected chi connectivity index (χ3v) is 3.48. The molecule has 0 N–H and O–H groups in total. The molecule has 0 radical (unpaired) electrons. The van der Waals surface area contributed by atoms with E-state index in [2.05, 4.69) is 61.1 Å². The molecule has 0 spiro atoms. The first-order valence-corrected chi connectivity index (χ1v) is 7.53. The van der Waals surface area contributed by atoms with Crippen LogP contribution in [0.2, 0.25) is 0 Å². The lowest BCUT2D eigenvalue weighted by molar-refractivity contribution is 0.109. The van der Waals surface area contributed by atoms with Crippen LogP contribution >= 0.6 is 0 Å². The van der Waals surface area contributed by atoms with Gasteiger partial charge in [0, 0.05) is 0 Å². The van der Waals surface area contributed by atoms with E-state index in [-0.39, 0.29) is 0 Å². The van der Waals surface area contributed by atoms with Crippen molar-refractivity contribution in [1.29, 1.82) is 0 Å². The van der Waals surface area contributed by atoms with E-state index in [0.717, 1.165) is 18.3 Å². The lowest BCUT2D eigenvalue weighted by Crippen LogP contribution is -2.31. The normalized spacial score (nSPS) is 10.3. The van der Waals surface area contributed by atoms with Crippen LogP contribution in [-0.2, 0) is 0 Å². The SMILES string of the molecule is C=CCC(CC)(C(C)C)C(C)C.CC.CCC. The highest BCUT2D eigenvalue weighted by Crippen LogP contribution is 2.42. The predicted molar refractivity (Wildman–Crippen MR) is 84.5 cm³/mol. The first-order chi connectivity index (χ1) is 7.92. The maximum absolute atomic E-state index is 3.86. The Kier molecular flexibility index (Phi) is 17.8. The minimum atomic E-state index is 0.474. The van der Waals surface area contributed by atoms with Crippen molar-refractivity contribution in [2.45, 2.75) is 81.6 Å². The molecule has 17 heavy (non-hydrogen) atoms. The molecule has 0 heterocycles. The number of hydrogen-bond donors (Lipinski definition) is 0. The Morgan fingerprint density at radius 3 is 1.29 bits per heavy atom. The van der Waals surface area contributed by atoms with Gasteiger partial charge in [-0.3, -0.25) is 0 Å². The van der Waals surface area contributed by atoms with Crippen LogP contribution < -0.4 is 0 Å². The Hall–Kier alpha value is -0.260. The molecular weight excluding hydrogens is 204 g/mol. The average molecular weight is 242 g/mol. The van der Waals surface area contributed by atoms with Gasteiger partial charge < -0.3 is 0 Å². The molecule has 0 aromatic rings. The van der Waals surface area contributed by atoms with Gasteiger partial charge in [-0.05, 0) is 30.1 Å². The molecule has 0 amide bonds. The van der Waals surface area contributed by atoms with Crippen LogP contribution in [0.1, 0.15) is 81.6 Å². The van der Waals surface area contributed by atoms with Crippen molar-refractivity contribution >= 4 is 0 Å². The van der Waals surface area contributed by atoms with Gasteiger partial charge in [0.25, 0.3) is 0 Å². The summed E-state index contributed by atoms with van der Waals surface area (Å²) in [6.45, 7) is 23.7. The third-order valence-electron chi connectivity index (χ3n) is 3.48. The maximum Gasteiger partial charge on any atom is -0.0220 e. The zero-order chi connectivity index (χ0) is 14.5. The van der Waals surface area contributed by atoms with E-state index in [9.17, 15) is 0 Å². The smallest absolute Gasteiger partial charge is 0.0220 e. The zero-order valence-electron chi connectivity index (χ0n) is 14.1. The van der Waals surface area contributed by atoms with Gasteiger partial charge in [-0.15, -0.1) is 6.58 Å². The first-order valence-electron chi connectivity index (χ1n) is 7.53. The van der Waals surface area contributed by atoms with E-state index in [1.54, 1.807) is 0 Å². The Labute approximate surface area is 112 Å². The van der Waals surface area contributed by atoms with Crippen molar-refractivity contribution in [1.82, 2.24) is 0 Å². The zero-order valence-corrected chi connectivity index (χ0v) is 14.1. The molecule has 0 rings (SSSR count). The third kappa shape index (κ3) is 8.46. The molecule has 0 aliphatic rings. The quantitative estimate of drug-likeness (QED) is 0.470. The number of allylic oxidation sites excluding steroid dienone is 1. The fraction of sp³-hybridized carbons (Fsp3) is 0.882. The summed E-state index contributed by atoms with van der Waals surface area (Å²) in [5.74, 6) is 1.50.